The molecule has 0 unspecified atom stereocenters. The number of carboxylic acids is 1. The molecule has 33 heavy (non-hydrogen) atoms. The number of aliphatic carboxylic acids is 1. The van der Waals surface area contributed by atoms with Crippen molar-refractivity contribution in [2.75, 3.05) is 13.2 Å². The summed E-state index contributed by atoms with van der Waals surface area (Å²) in [7, 11) is 0. The van der Waals surface area contributed by atoms with Crippen molar-refractivity contribution >= 4 is 18.0 Å². The van der Waals surface area contributed by atoms with E-state index >= 15 is 0 Å². The van der Waals surface area contributed by atoms with Crippen LogP contribution in [-0.4, -0.2) is 53.5 Å². The van der Waals surface area contributed by atoms with Crippen LogP contribution in [0.15, 0.2) is 48.5 Å². The van der Waals surface area contributed by atoms with Crippen molar-refractivity contribution in [3.05, 3.63) is 59.7 Å². The topological polar surface area (TPSA) is 125 Å². The number of alkyl carbamates (subject to hydrolysis) is 1. The van der Waals surface area contributed by atoms with E-state index in [1.807, 2.05) is 43.3 Å². The number of ether oxygens (including phenoxy) is 1. The Labute approximate surface area is 193 Å². The number of carbonyl (C=O) groups is 3. The van der Waals surface area contributed by atoms with Crippen molar-refractivity contribution in [2.45, 2.75) is 50.7 Å². The average molecular weight is 455 g/mol. The Morgan fingerprint density at radius 1 is 1.00 bits per heavy atom. The highest BCUT2D eigenvalue weighted by Crippen LogP contribution is 2.44. The number of benzene rings is 2. The number of rotatable bonds is 11. The lowest BCUT2D eigenvalue weighted by molar-refractivity contribution is -0.147. The van der Waals surface area contributed by atoms with Crippen LogP contribution in [0.1, 0.15) is 49.7 Å². The van der Waals surface area contributed by atoms with E-state index in [2.05, 4.69) is 22.8 Å². The number of nitrogens with one attached hydrogen (secondary N) is 2. The Bertz CT molecular complexity index is 947. The van der Waals surface area contributed by atoms with Gasteiger partial charge in [-0.15, -0.1) is 0 Å². The van der Waals surface area contributed by atoms with E-state index in [9.17, 15) is 19.5 Å². The molecule has 0 spiro atoms. The monoisotopic (exact) mass is 454 g/mol. The molecular formula is C25H30N2O6. The van der Waals surface area contributed by atoms with Gasteiger partial charge in [0, 0.05) is 31.3 Å². The molecule has 0 aromatic heterocycles. The molecule has 2 aromatic rings. The molecule has 3 rings (SSSR count). The van der Waals surface area contributed by atoms with Crippen LogP contribution in [-0.2, 0) is 14.3 Å². The average Bonchev–Trinajstić information content (AvgIpc) is 3.11. The maximum Gasteiger partial charge on any atom is 0.407 e. The fourth-order valence-corrected chi connectivity index (χ4v) is 4.15. The molecule has 0 saturated carbocycles. The van der Waals surface area contributed by atoms with Crippen molar-refractivity contribution in [3.8, 4) is 11.1 Å². The quantitative estimate of drug-likeness (QED) is 0.414. The fraction of sp³-hybridized carbons (Fsp3) is 0.400. The molecule has 0 aliphatic heterocycles. The molecule has 0 saturated heterocycles. The van der Waals surface area contributed by atoms with E-state index in [1.54, 1.807) is 0 Å². The number of aliphatic hydroxyl groups excluding tert-OH is 1. The van der Waals surface area contributed by atoms with Gasteiger partial charge in [0.25, 0.3) is 0 Å². The summed E-state index contributed by atoms with van der Waals surface area (Å²) < 4.78 is 5.56. The third-order valence-electron chi connectivity index (χ3n) is 5.76. The van der Waals surface area contributed by atoms with Crippen molar-refractivity contribution in [2.24, 2.45) is 0 Å². The van der Waals surface area contributed by atoms with Gasteiger partial charge < -0.3 is 25.6 Å². The zero-order valence-corrected chi connectivity index (χ0v) is 18.6. The standard InChI is InChI=1S/C25H30N2O6/c1-2-7-16(14-23(29)26-13-12-22(28)24(30)31)27-25(32)33-15-21-19-10-5-3-8-17(19)18-9-4-6-11-20(18)21/h3-6,8-11,16,21-22,28H,2,7,12-15H2,1H3,(H,26,29)(H,27,32)(H,30,31)/t16-,22-/m0/s1. The summed E-state index contributed by atoms with van der Waals surface area (Å²) in [6.07, 6.45) is -0.782. The van der Waals surface area contributed by atoms with Gasteiger partial charge in [0.1, 0.15) is 6.61 Å². The first-order valence-corrected chi connectivity index (χ1v) is 11.2. The van der Waals surface area contributed by atoms with Gasteiger partial charge in [0.2, 0.25) is 5.91 Å². The SMILES string of the molecule is CCC[C@@H](CC(=O)NCC[C@H](O)C(=O)O)NC(=O)OCC1c2ccccc2-c2ccccc21. The van der Waals surface area contributed by atoms with Crippen LogP contribution in [0.25, 0.3) is 11.1 Å². The highest BCUT2D eigenvalue weighted by atomic mass is 16.5. The second kappa shape index (κ2) is 11.5. The lowest BCUT2D eigenvalue weighted by atomic mass is 9.98. The van der Waals surface area contributed by atoms with Gasteiger partial charge in [-0.25, -0.2) is 9.59 Å². The molecule has 4 N–H and O–H groups in total. The second-order valence-electron chi connectivity index (χ2n) is 8.15. The molecule has 1 aliphatic rings. The predicted molar refractivity (Wildman–Crippen MR) is 123 cm³/mol. The molecule has 0 heterocycles. The number of carboxylic acid groups (broad SMARTS) is 1. The third kappa shape index (κ3) is 6.32. The predicted octanol–water partition coefficient (Wildman–Crippen LogP) is 3.04. The minimum atomic E-state index is -1.52. The van der Waals surface area contributed by atoms with E-state index < -0.39 is 24.2 Å². The first-order chi connectivity index (χ1) is 15.9. The lowest BCUT2D eigenvalue weighted by Crippen LogP contribution is -2.40. The molecule has 2 aromatic carbocycles. The summed E-state index contributed by atoms with van der Waals surface area (Å²) in [6, 6.07) is 15.8. The van der Waals surface area contributed by atoms with Crippen LogP contribution in [0.5, 0.6) is 0 Å². The van der Waals surface area contributed by atoms with Gasteiger partial charge >= 0.3 is 12.1 Å². The lowest BCUT2D eigenvalue weighted by Gasteiger charge is -2.19. The van der Waals surface area contributed by atoms with E-state index in [1.165, 1.54) is 0 Å². The minimum absolute atomic E-state index is 0.0378. The second-order valence-corrected chi connectivity index (χ2v) is 8.15. The number of hydrogen-bond donors (Lipinski definition) is 4. The molecule has 0 bridgehead atoms. The van der Waals surface area contributed by atoms with Crippen molar-refractivity contribution < 1.29 is 29.3 Å². The Balaban J connectivity index is 1.52. The van der Waals surface area contributed by atoms with Gasteiger partial charge in [-0.05, 0) is 28.7 Å². The molecule has 0 fully saturated rings. The van der Waals surface area contributed by atoms with Crippen LogP contribution in [0.4, 0.5) is 4.79 Å². The summed E-state index contributed by atoms with van der Waals surface area (Å²) in [5, 5.41) is 23.3. The normalized spacial score (nSPS) is 14.0. The van der Waals surface area contributed by atoms with E-state index in [0.717, 1.165) is 28.7 Å². The third-order valence-corrected chi connectivity index (χ3v) is 5.76. The molecule has 8 heteroatoms. The number of amides is 2. The van der Waals surface area contributed by atoms with Crippen LogP contribution < -0.4 is 10.6 Å². The number of aliphatic hydroxyl groups is 1. The minimum Gasteiger partial charge on any atom is -0.479 e. The highest BCUT2D eigenvalue weighted by molar-refractivity contribution is 5.79. The Hall–Kier alpha value is -3.39. The molecular weight excluding hydrogens is 424 g/mol. The van der Waals surface area contributed by atoms with E-state index in [0.29, 0.717) is 6.42 Å². The van der Waals surface area contributed by atoms with Gasteiger partial charge in [-0.3, -0.25) is 4.79 Å². The zero-order chi connectivity index (χ0) is 23.8. The van der Waals surface area contributed by atoms with Crippen LogP contribution in [0.3, 0.4) is 0 Å². The number of carbonyl (C=O) groups excluding carboxylic acids is 2. The Kier molecular flexibility index (Phi) is 8.43. The fourth-order valence-electron chi connectivity index (χ4n) is 4.15. The van der Waals surface area contributed by atoms with Crippen LogP contribution in [0, 0.1) is 0 Å². The van der Waals surface area contributed by atoms with E-state index in [4.69, 9.17) is 9.84 Å². The molecule has 8 nitrogen and oxygen atoms in total. The summed E-state index contributed by atoms with van der Waals surface area (Å²) in [5.41, 5.74) is 4.55. The maximum atomic E-state index is 12.5. The first-order valence-electron chi connectivity index (χ1n) is 11.2. The van der Waals surface area contributed by atoms with Crippen molar-refractivity contribution in [3.63, 3.8) is 0 Å². The summed E-state index contributed by atoms with van der Waals surface area (Å²) in [5.74, 6) is -1.70. The summed E-state index contributed by atoms with van der Waals surface area (Å²) in [6.45, 7) is 2.18. The molecule has 1 aliphatic carbocycles. The molecule has 176 valence electrons. The summed E-state index contributed by atoms with van der Waals surface area (Å²) >= 11 is 0. The largest absolute Gasteiger partial charge is 0.479 e. The van der Waals surface area contributed by atoms with Gasteiger partial charge in [0.05, 0.1) is 0 Å². The zero-order valence-electron chi connectivity index (χ0n) is 18.6. The molecule has 0 radical (unpaired) electrons. The van der Waals surface area contributed by atoms with Gasteiger partial charge in [0.15, 0.2) is 6.10 Å². The smallest absolute Gasteiger partial charge is 0.407 e. The van der Waals surface area contributed by atoms with Crippen molar-refractivity contribution in [1.82, 2.24) is 10.6 Å². The molecule has 2 atom stereocenters. The van der Waals surface area contributed by atoms with Gasteiger partial charge in [-0.2, -0.15) is 0 Å². The Morgan fingerprint density at radius 3 is 2.18 bits per heavy atom. The number of fused-ring (bicyclic) bond motifs is 3. The van der Waals surface area contributed by atoms with E-state index in [-0.39, 0.29) is 37.8 Å². The summed E-state index contributed by atoms with van der Waals surface area (Å²) in [4.78, 5) is 35.3. The van der Waals surface area contributed by atoms with Crippen LogP contribution >= 0.6 is 0 Å². The number of hydrogen-bond acceptors (Lipinski definition) is 5. The molecule has 2 amide bonds. The Morgan fingerprint density at radius 2 is 1.61 bits per heavy atom. The highest BCUT2D eigenvalue weighted by Gasteiger charge is 2.29. The first kappa shape index (κ1) is 24.3. The maximum absolute atomic E-state index is 12.5. The van der Waals surface area contributed by atoms with Crippen molar-refractivity contribution in [1.29, 1.82) is 0 Å². The van der Waals surface area contributed by atoms with Crippen LogP contribution in [0.2, 0.25) is 0 Å². The van der Waals surface area contributed by atoms with Gasteiger partial charge in [-0.1, -0.05) is 61.9 Å².